The maximum absolute atomic E-state index is 5.96. The van der Waals surface area contributed by atoms with E-state index in [-0.39, 0.29) is 0 Å². The van der Waals surface area contributed by atoms with E-state index in [1.807, 2.05) is 23.1 Å². The summed E-state index contributed by atoms with van der Waals surface area (Å²) in [6.45, 7) is 8.01. The first-order chi connectivity index (χ1) is 12.2. The van der Waals surface area contributed by atoms with Crippen LogP contribution in [-0.4, -0.2) is 70.2 Å². The van der Waals surface area contributed by atoms with Crippen LogP contribution in [0.25, 0.3) is 0 Å². The smallest absolute Gasteiger partial charge is 0.100 e. The standard InChI is InChI=1S/C18H28N6O/c1-4-24-18-16(14-25-9-8-22(2)3)12-23(13-17(18)20-21-24)11-15-6-5-7-19-10-15/h5-7,10,16H,4,8-9,11-14H2,1-3H3/t16-/m1/s1. The largest absolute Gasteiger partial charge is 0.379 e. The average Bonchev–Trinajstić information content (AvgIpc) is 3.02. The van der Waals surface area contributed by atoms with Gasteiger partial charge in [-0.3, -0.25) is 9.88 Å². The fraction of sp³-hybridized carbons (Fsp3) is 0.611. The first-order valence-corrected chi connectivity index (χ1v) is 8.93. The number of aryl methyl sites for hydroxylation is 1. The lowest BCUT2D eigenvalue weighted by molar-refractivity contribution is 0.0832. The second kappa shape index (κ2) is 8.51. The van der Waals surface area contributed by atoms with Gasteiger partial charge in [-0.05, 0) is 32.6 Å². The molecule has 1 aliphatic rings. The fourth-order valence-corrected chi connectivity index (χ4v) is 3.30. The van der Waals surface area contributed by atoms with Crippen LogP contribution in [0, 0.1) is 0 Å². The van der Waals surface area contributed by atoms with Gasteiger partial charge in [-0.15, -0.1) is 5.10 Å². The molecule has 3 heterocycles. The van der Waals surface area contributed by atoms with Crippen LogP contribution in [0.1, 0.15) is 29.8 Å². The predicted molar refractivity (Wildman–Crippen MR) is 96.2 cm³/mol. The number of hydrogen-bond acceptors (Lipinski definition) is 6. The van der Waals surface area contributed by atoms with E-state index in [9.17, 15) is 0 Å². The van der Waals surface area contributed by atoms with Gasteiger partial charge in [0.15, 0.2) is 0 Å². The highest BCUT2D eigenvalue weighted by atomic mass is 16.5. The highest BCUT2D eigenvalue weighted by Gasteiger charge is 2.30. The Labute approximate surface area is 149 Å². The first-order valence-electron chi connectivity index (χ1n) is 8.93. The van der Waals surface area contributed by atoms with Crippen LogP contribution in [0.5, 0.6) is 0 Å². The summed E-state index contributed by atoms with van der Waals surface area (Å²) in [5.74, 6) is 0.303. The molecular formula is C18H28N6O. The van der Waals surface area contributed by atoms with Crippen molar-refractivity contribution in [2.75, 3.05) is 40.4 Å². The van der Waals surface area contributed by atoms with Crippen LogP contribution in [0.4, 0.5) is 0 Å². The van der Waals surface area contributed by atoms with Gasteiger partial charge in [0.05, 0.1) is 18.9 Å². The minimum atomic E-state index is 0.303. The van der Waals surface area contributed by atoms with Crippen LogP contribution in [0.3, 0.4) is 0 Å². The normalized spacial score (nSPS) is 17.8. The van der Waals surface area contributed by atoms with Crippen LogP contribution in [0.15, 0.2) is 24.5 Å². The van der Waals surface area contributed by atoms with Gasteiger partial charge in [-0.2, -0.15) is 0 Å². The van der Waals surface area contributed by atoms with Gasteiger partial charge in [-0.1, -0.05) is 11.3 Å². The van der Waals surface area contributed by atoms with Crippen LogP contribution >= 0.6 is 0 Å². The van der Waals surface area contributed by atoms with Crippen molar-refractivity contribution in [2.24, 2.45) is 0 Å². The Balaban J connectivity index is 1.69. The van der Waals surface area contributed by atoms with Crippen molar-refractivity contribution >= 4 is 0 Å². The fourth-order valence-electron chi connectivity index (χ4n) is 3.30. The Morgan fingerprint density at radius 3 is 2.96 bits per heavy atom. The van der Waals surface area contributed by atoms with Gasteiger partial charge in [0, 0.05) is 51.0 Å². The lowest BCUT2D eigenvalue weighted by Crippen LogP contribution is -2.36. The molecule has 7 nitrogen and oxygen atoms in total. The number of likely N-dealkylation sites (N-methyl/N-ethyl adjacent to an activating group) is 1. The van der Waals surface area contributed by atoms with Crippen molar-refractivity contribution < 1.29 is 4.74 Å². The molecule has 7 heteroatoms. The molecule has 0 aliphatic carbocycles. The zero-order valence-corrected chi connectivity index (χ0v) is 15.4. The molecule has 0 fully saturated rings. The number of aromatic nitrogens is 4. The third-order valence-electron chi connectivity index (χ3n) is 4.52. The topological polar surface area (TPSA) is 59.3 Å². The summed E-state index contributed by atoms with van der Waals surface area (Å²) in [7, 11) is 4.13. The lowest BCUT2D eigenvalue weighted by Gasteiger charge is -2.32. The Morgan fingerprint density at radius 2 is 2.24 bits per heavy atom. The molecule has 0 saturated carbocycles. The summed E-state index contributed by atoms with van der Waals surface area (Å²) in [6.07, 6.45) is 3.74. The first kappa shape index (κ1) is 18.0. The van der Waals surface area contributed by atoms with E-state index in [1.54, 1.807) is 0 Å². The summed E-state index contributed by atoms with van der Waals surface area (Å²) < 4.78 is 7.98. The minimum Gasteiger partial charge on any atom is -0.379 e. The molecule has 0 spiro atoms. The second-order valence-electron chi connectivity index (χ2n) is 6.84. The molecule has 0 aromatic carbocycles. The number of pyridine rings is 1. The molecule has 2 aromatic heterocycles. The molecular weight excluding hydrogens is 316 g/mol. The van der Waals surface area contributed by atoms with Gasteiger partial charge in [-0.25, -0.2) is 4.68 Å². The number of hydrogen-bond donors (Lipinski definition) is 0. The molecule has 1 atom stereocenters. The Hall–Kier alpha value is -1.83. The maximum Gasteiger partial charge on any atom is 0.100 e. The Kier molecular flexibility index (Phi) is 6.12. The molecule has 0 N–H and O–H groups in total. The molecule has 0 bridgehead atoms. The molecule has 3 rings (SSSR count). The molecule has 0 radical (unpaired) electrons. The van der Waals surface area contributed by atoms with Crippen LogP contribution in [-0.2, 0) is 24.4 Å². The number of rotatable bonds is 8. The summed E-state index contributed by atoms with van der Waals surface area (Å²) in [6, 6.07) is 4.11. The Morgan fingerprint density at radius 1 is 1.36 bits per heavy atom. The summed E-state index contributed by atoms with van der Waals surface area (Å²) >= 11 is 0. The van der Waals surface area contributed by atoms with Crippen molar-refractivity contribution in [3.05, 3.63) is 41.5 Å². The zero-order valence-electron chi connectivity index (χ0n) is 15.4. The molecule has 136 valence electrons. The van der Waals surface area contributed by atoms with Gasteiger partial charge < -0.3 is 9.64 Å². The van der Waals surface area contributed by atoms with Crippen LogP contribution in [0.2, 0.25) is 0 Å². The number of fused-ring (bicyclic) bond motifs is 1. The zero-order chi connectivity index (χ0) is 17.6. The van der Waals surface area contributed by atoms with E-state index in [4.69, 9.17) is 4.74 Å². The third kappa shape index (κ3) is 4.62. The second-order valence-corrected chi connectivity index (χ2v) is 6.84. The van der Waals surface area contributed by atoms with Gasteiger partial charge in [0.25, 0.3) is 0 Å². The Bertz CT molecular complexity index is 657. The summed E-state index contributed by atoms with van der Waals surface area (Å²) in [5.41, 5.74) is 3.55. The summed E-state index contributed by atoms with van der Waals surface area (Å²) in [5, 5.41) is 8.75. The van der Waals surface area contributed by atoms with Gasteiger partial charge >= 0.3 is 0 Å². The van der Waals surface area contributed by atoms with Crippen molar-refractivity contribution in [1.82, 2.24) is 29.8 Å². The molecule has 1 aliphatic heterocycles. The highest BCUT2D eigenvalue weighted by Crippen LogP contribution is 2.28. The van der Waals surface area contributed by atoms with Gasteiger partial charge in [0.1, 0.15) is 5.69 Å². The minimum absolute atomic E-state index is 0.303. The molecule has 25 heavy (non-hydrogen) atoms. The number of ether oxygens (including phenoxy) is 1. The van der Waals surface area contributed by atoms with E-state index in [0.29, 0.717) is 12.5 Å². The number of nitrogens with zero attached hydrogens (tertiary/aromatic N) is 6. The van der Waals surface area contributed by atoms with Crippen LogP contribution < -0.4 is 0 Å². The van der Waals surface area contributed by atoms with E-state index < -0.39 is 0 Å². The predicted octanol–water partition coefficient (Wildman–Crippen LogP) is 1.37. The average molecular weight is 344 g/mol. The van der Waals surface area contributed by atoms with E-state index in [0.717, 1.165) is 45.0 Å². The third-order valence-corrected chi connectivity index (χ3v) is 4.52. The van der Waals surface area contributed by atoms with Gasteiger partial charge in [0.2, 0.25) is 0 Å². The lowest BCUT2D eigenvalue weighted by atomic mass is 9.98. The summed E-state index contributed by atoms with van der Waals surface area (Å²) in [4.78, 5) is 8.77. The molecule has 2 aromatic rings. The van der Waals surface area contributed by atoms with E-state index in [1.165, 1.54) is 11.3 Å². The van der Waals surface area contributed by atoms with Crippen molar-refractivity contribution in [2.45, 2.75) is 32.5 Å². The van der Waals surface area contributed by atoms with E-state index >= 15 is 0 Å². The molecule has 0 saturated heterocycles. The van der Waals surface area contributed by atoms with Crippen molar-refractivity contribution in [3.63, 3.8) is 0 Å². The highest BCUT2D eigenvalue weighted by molar-refractivity contribution is 5.20. The maximum atomic E-state index is 5.96. The van der Waals surface area contributed by atoms with Crippen molar-refractivity contribution in [1.29, 1.82) is 0 Å². The quantitative estimate of drug-likeness (QED) is 0.674. The molecule has 0 unspecified atom stereocenters. The monoisotopic (exact) mass is 344 g/mol. The SMILES string of the molecule is CCn1nnc2c1[C@@H](COCCN(C)C)CN(Cc1cccnc1)C2. The molecule has 0 amide bonds. The van der Waals surface area contributed by atoms with Crippen molar-refractivity contribution in [3.8, 4) is 0 Å². The van der Waals surface area contributed by atoms with E-state index in [2.05, 4.69) is 52.2 Å².